The van der Waals surface area contributed by atoms with Crippen LogP contribution >= 0.6 is 12.2 Å². The highest BCUT2D eigenvalue weighted by Crippen LogP contribution is 2.37. The number of carbonyl (C=O) groups excluding carboxylic acids is 1. The number of benzene rings is 1. The van der Waals surface area contributed by atoms with Gasteiger partial charge in [0.15, 0.2) is 5.11 Å². The van der Waals surface area contributed by atoms with Gasteiger partial charge in [0.1, 0.15) is 5.54 Å². The smallest absolute Gasteiger partial charge is 0.334 e. The second-order valence-corrected chi connectivity index (χ2v) is 6.48. The minimum Gasteiger partial charge on any atom is -0.334 e. The van der Waals surface area contributed by atoms with Crippen molar-refractivity contribution in [2.75, 3.05) is 18.0 Å². The third kappa shape index (κ3) is 3.32. The first kappa shape index (κ1) is 19.1. The van der Waals surface area contributed by atoms with Crippen molar-refractivity contribution >= 4 is 28.9 Å². The molecule has 1 fully saturated rings. The second kappa shape index (κ2) is 6.61. The lowest BCUT2D eigenvalue weighted by Crippen LogP contribution is -2.45. The maximum Gasteiger partial charge on any atom is 0.417 e. The molecule has 0 aliphatic carbocycles. The molecule has 0 radical (unpaired) electrons. The first-order valence-corrected chi connectivity index (χ1v) is 7.94. The summed E-state index contributed by atoms with van der Waals surface area (Å²) in [5, 5.41) is 9.01. The monoisotopic (exact) mass is 370 g/mol. The normalized spacial score (nSPS) is 17.2. The van der Waals surface area contributed by atoms with Crippen LogP contribution in [0.4, 0.5) is 18.9 Å². The van der Waals surface area contributed by atoms with Crippen molar-refractivity contribution in [3.63, 3.8) is 0 Å². The van der Waals surface area contributed by atoms with E-state index in [1.54, 1.807) is 18.7 Å². The first-order valence-electron chi connectivity index (χ1n) is 7.53. The minimum atomic E-state index is -4.71. The molecule has 9 heteroatoms. The number of hydrogen-bond acceptors (Lipinski definition) is 4. The highest BCUT2D eigenvalue weighted by Gasteiger charge is 2.49. The van der Waals surface area contributed by atoms with Gasteiger partial charge in [-0.2, -0.15) is 18.4 Å². The van der Waals surface area contributed by atoms with Gasteiger partial charge < -0.3 is 10.6 Å². The molecule has 1 amide bonds. The van der Waals surface area contributed by atoms with Crippen molar-refractivity contribution in [2.45, 2.75) is 32.0 Å². The van der Waals surface area contributed by atoms with Crippen LogP contribution in [0.1, 0.15) is 31.4 Å². The quantitative estimate of drug-likeness (QED) is 0.825. The SMILES string of the molecule is CC1(C)C(=O)N(c2ccc(C#N)c(C(F)(F)F)c2)C(=S)N1CCCN. The molecule has 0 saturated carbocycles. The van der Waals surface area contributed by atoms with Gasteiger partial charge in [-0.1, -0.05) is 0 Å². The number of carbonyl (C=O) groups is 1. The maximum absolute atomic E-state index is 13.2. The van der Waals surface area contributed by atoms with Gasteiger partial charge in [0.25, 0.3) is 5.91 Å². The van der Waals surface area contributed by atoms with Crippen LogP contribution in [0.3, 0.4) is 0 Å². The zero-order chi connectivity index (χ0) is 19.0. The minimum absolute atomic E-state index is 0.00958. The molecule has 5 nitrogen and oxygen atoms in total. The van der Waals surface area contributed by atoms with E-state index in [4.69, 9.17) is 23.2 Å². The summed E-state index contributed by atoms with van der Waals surface area (Å²) in [5.74, 6) is -0.424. The molecule has 25 heavy (non-hydrogen) atoms. The second-order valence-electron chi connectivity index (χ2n) is 6.12. The Morgan fingerprint density at radius 1 is 1.36 bits per heavy atom. The number of alkyl halides is 3. The van der Waals surface area contributed by atoms with E-state index >= 15 is 0 Å². The van der Waals surface area contributed by atoms with E-state index in [1.807, 2.05) is 0 Å². The third-order valence-corrected chi connectivity index (χ3v) is 4.50. The van der Waals surface area contributed by atoms with Gasteiger partial charge in [0.05, 0.1) is 22.9 Å². The van der Waals surface area contributed by atoms with Crippen LogP contribution in [0.25, 0.3) is 0 Å². The third-order valence-electron chi connectivity index (χ3n) is 4.10. The molecule has 1 heterocycles. The molecule has 0 aromatic heterocycles. The predicted octanol–water partition coefficient (Wildman–Crippen LogP) is 2.64. The molecule has 2 rings (SSSR count). The maximum atomic E-state index is 13.2. The van der Waals surface area contributed by atoms with Crippen LogP contribution in [0.2, 0.25) is 0 Å². The highest BCUT2D eigenvalue weighted by atomic mass is 32.1. The van der Waals surface area contributed by atoms with Gasteiger partial charge in [0, 0.05) is 6.54 Å². The van der Waals surface area contributed by atoms with Gasteiger partial charge >= 0.3 is 6.18 Å². The van der Waals surface area contributed by atoms with E-state index in [0.717, 1.165) is 17.0 Å². The molecule has 0 atom stereocenters. The zero-order valence-corrected chi connectivity index (χ0v) is 14.5. The van der Waals surface area contributed by atoms with Gasteiger partial charge in [-0.3, -0.25) is 9.69 Å². The van der Waals surface area contributed by atoms with Crippen molar-refractivity contribution in [3.05, 3.63) is 29.3 Å². The standard InChI is InChI=1S/C16H17F3N4OS/c1-15(2)13(24)23(14(25)22(15)7-3-6-20)11-5-4-10(9-21)12(8-11)16(17,18)19/h4-5,8H,3,6-7,20H2,1-2H3. The molecule has 0 bridgehead atoms. The lowest BCUT2D eigenvalue weighted by molar-refractivity contribution is -0.137. The van der Waals surface area contributed by atoms with Crippen molar-refractivity contribution in [3.8, 4) is 6.07 Å². The number of amides is 1. The van der Waals surface area contributed by atoms with E-state index in [0.29, 0.717) is 19.5 Å². The fourth-order valence-electron chi connectivity index (χ4n) is 2.69. The topological polar surface area (TPSA) is 73.4 Å². The molecule has 2 N–H and O–H groups in total. The lowest BCUT2D eigenvalue weighted by Gasteiger charge is -2.29. The van der Waals surface area contributed by atoms with Crippen LogP contribution in [0, 0.1) is 11.3 Å². The molecule has 1 aliphatic heterocycles. The van der Waals surface area contributed by atoms with Crippen LogP contribution in [0.15, 0.2) is 18.2 Å². The van der Waals surface area contributed by atoms with E-state index in [1.165, 1.54) is 12.1 Å². The molecule has 1 saturated heterocycles. The summed E-state index contributed by atoms with van der Waals surface area (Å²) >= 11 is 5.33. The van der Waals surface area contributed by atoms with E-state index in [2.05, 4.69) is 0 Å². The van der Waals surface area contributed by atoms with E-state index < -0.39 is 28.7 Å². The summed E-state index contributed by atoms with van der Waals surface area (Å²) in [6.45, 7) is 4.14. The highest BCUT2D eigenvalue weighted by molar-refractivity contribution is 7.80. The summed E-state index contributed by atoms with van der Waals surface area (Å²) in [6.07, 6.45) is -4.12. The van der Waals surface area contributed by atoms with Gasteiger partial charge in [-0.05, 0) is 57.2 Å². The zero-order valence-electron chi connectivity index (χ0n) is 13.7. The Hall–Kier alpha value is -2.18. The molecule has 1 aromatic rings. The number of thiocarbonyl (C=S) groups is 1. The summed E-state index contributed by atoms with van der Waals surface area (Å²) < 4.78 is 39.5. The van der Waals surface area contributed by atoms with E-state index in [9.17, 15) is 18.0 Å². The van der Waals surface area contributed by atoms with Crippen LogP contribution in [-0.4, -0.2) is 34.5 Å². The number of nitriles is 1. The number of rotatable bonds is 4. The Balaban J connectivity index is 2.50. The Kier molecular flexibility index (Phi) is 5.06. The Bertz CT molecular complexity index is 755. The van der Waals surface area contributed by atoms with Crippen molar-refractivity contribution in [1.29, 1.82) is 5.26 Å². The molecule has 1 aromatic carbocycles. The van der Waals surface area contributed by atoms with Gasteiger partial charge in [-0.15, -0.1) is 0 Å². The summed E-state index contributed by atoms with van der Waals surface area (Å²) in [6, 6.07) is 4.64. The summed E-state index contributed by atoms with van der Waals surface area (Å²) in [4.78, 5) is 15.5. The van der Waals surface area contributed by atoms with Crippen LogP contribution in [0.5, 0.6) is 0 Å². The van der Waals surface area contributed by atoms with Crippen molar-refractivity contribution in [1.82, 2.24) is 4.90 Å². The fraction of sp³-hybridized carbons (Fsp3) is 0.438. The molecule has 134 valence electrons. The Morgan fingerprint density at radius 2 is 2.00 bits per heavy atom. The number of nitrogens with two attached hydrogens (primary N) is 1. The predicted molar refractivity (Wildman–Crippen MR) is 90.7 cm³/mol. The molecule has 0 spiro atoms. The molecule has 1 aliphatic rings. The summed E-state index contributed by atoms with van der Waals surface area (Å²) in [5.41, 5.74) is 2.90. The fourth-order valence-corrected chi connectivity index (χ4v) is 3.20. The largest absolute Gasteiger partial charge is 0.417 e. The molecular formula is C16H17F3N4OS. The number of hydrogen-bond donors (Lipinski definition) is 1. The molecule has 0 unspecified atom stereocenters. The average Bonchev–Trinajstić information content (AvgIpc) is 2.70. The van der Waals surface area contributed by atoms with E-state index in [-0.39, 0.29) is 10.8 Å². The Morgan fingerprint density at radius 3 is 2.52 bits per heavy atom. The van der Waals surface area contributed by atoms with Crippen LogP contribution < -0.4 is 10.6 Å². The number of anilines is 1. The number of halogens is 3. The Labute approximate surface area is 148 Å². The van der Waals surface area contributed by atoms with Crippen molar-refractivity contribution in [2.24, 2.45) is 5.73 Å². The lowest BCUT2D eigenvalue weighted by atomic mass is 10.0. The number of nitrogens with zero attached hydrogens (tertiary/aromatic N) is 3. The average molecular weight is 370 g/mol. The first-order chi connectivity index (χ1) is 11.6. The molecular weight excluding hydrogens is 353 g/mol. The van der Waals surface area contributed by atoms with Crippen molar-refractivity contribution < 1.29 is 18.0 Å². The summed E-state index contributed by atoms with van der Waals surface area (Å²) in [7, 11) is 0. The van der Waals surface area contributed by atoms with Crippen LogP contribution in [-0.2, 0) is 11.0 Å². The van der Waals surface area contributed by atoms with Gasteiger partial charge in [0.2, 0.25) is 0 Å². The van der Waals surface area contributed by atoms with Gasteiger partial charge in [-0.25, -0.2) is 0 Å².